The lowest BCUT2D eigenvalue weighted by Gasteiger charge is -2.22. The molecule has 0 aromatic heterocycles. The number of hydrogen-bond acceptors (Lipinski definition) is 3. The van der Waals surface area contributed by atoms with Crippen LogP contribution < -0.4 is 5.73 Å². The smallest absolute Gasteiger partial charge is 0.379 e. The minimum Gasteiger partial charge on any atom is -0.462 e. The predicted octanol–water partition coefficient (Wildman–Crippen LogP) is 3.30. The zero-order chi connectivity index (χ0) is 13.9. The van der Waals surface area contributed by atoms with Crippen LogP contribution in [-0.4, -0.2) is 18.5 Å². The third-order valence-corrected chi connectivity index (χ3v) is 3.16. The second kappa shape index (κ2) is 5.95. The van der Waals surface area contributed by atoms with Crippen LogP contribution in [0.2, 0.25) is 5.02 Å². The van der Waals surface area contributed by atoms with E-state index >= 15 is 0 Å². The number of halogens is 4. The summed E-state index contributed by atoms with van der Waals surface area (Å²) >= 11 is 8.78. The van der Waals surface area contributed by atoms with Crippen molar-refractivity contribution in [3.63, 3.8) is 0 Å². The summed E-state index contributed by atoms with van der Waals surface area (Å²) in [6.45, 7) is 1.31. The van der Waals surface area contributed by atoms with Gasteiger partial charge in [-0.05, 0) is 24.6 Å². The lowest BCUT2D eigenvalue weighted by atomic mass is 10.0. The Morgan fingerprint density at radius 1 is 1.61 bits per heavy atom. The first kappa shape index (κ1) is 15.3. The SMILES string of the molecule is CCOC(=O)C(F)(F)[C@@H](N)c1ccc(Cl)cc1Br. The Labute approximate surface area is 116 Å². The summed E-state index contributed by atoms with van der Waals surface area (Å²) in [5.74, 6) is -5.44. The van der Waals surface area contributed by atoms with Crippen molar-refractivity contribution in [2.24, 2.45) is 5.73 Å². The van der Waals surface area contributed by atoms with Gasteiger partial charge in [-0.1, -0.05) is 33.6 Å². The van der Waals surface area contributed by atoms with E-state index < -0.39 is 17.9 Å². The molecule has 0 heterocycles. The number of carbonyl (C=O) groups is 1. The number of carbonyl (C=O) groups excluding carboxylic acids is 1. The molecule has 1 atom stereocenters. The molecule has 0 aliphatic rings. The van der Waals surface area contributed by atoms with Crippen LogP contribution in [0.15, 0.2) is 22.7 Å². The summed E-state index contributed by atoms with van der Waals surface area (Å²) < 4.78 is 32.0. The van der Waals surface area contributed by atoms with Gasteiger partial charge >= 0.3 is 11.9 Å². The molecule has 0 fully saturated rings. The van der Waals surface area contributed by atoms with Crippen molar-refractivity contribution >= 4 is 33.5 Å². The van der Waals surface area contributed by atoms with Gasteiger partial charge in [0.2, 0.25) is 0 Å². The van der Waals surface area contributed by atoms with Gasteiger partial charge in [-0.2, -0.15) is 8.78 Å². The molecule has 0 unspecified atom stereocenters. The van der Waals surface area contributed by atoms with Crippen LogP contribution in [0.1, 0.15) is 18.5 Å². The van der Waals surface area contributed by atoms with Gasteiger partial charge < -0.3 is 10.5 Å². The molecule has 2 N–H and O–H groups in total. The number of ether oxygens (including phenoxy) is 1. The lowest BCUT2D eigenvalue weighted by molar-refractivity contribution is -0.174. The Morgan fingerprint density at radius 2 is 2.22 bits per heavy atom. The summed E-state index contributed by atoms with van der Waals surface area (Å²) in [5.41, 5.74) is 5.51. The predicted molar refractivity (Wildman–Crippen MR) is 67.7 cm³/mol. The Hall–Kier alpha value is -0.720. The van der Waals surface area contributed by atoms with Crippen molar-refractivity contribution in [3.8, 4) is 0 Å². The van der Waals surface area contributed by atoms with E-state index in [9.17, 15) is 13.6 Å². The molecule has 18 heavy (non-hydrogen) atoms. The summed E-state index contributed by atoms with van der Waals surface area (Å²) in [6, 6.07) is 2.38. The first-order chi connectivity index (χ1) is 8.30. The van der Waals surface area contributed by atoms with Gasteiger partial charge in [-0.15, -0.1) is 0 Å². The van der Waals surface area contributed by atoms with Crippen LogP contribution in [0.5, 0.6) is 0 Å². The van der Waals surface area contributed by atoms with E-state index in [1.54, 1.807) is 0 Å². The fourth-order valence-corrected chi connectivity index (χ4v) is 2.23. The van der Waals surface area contributed by atoms with Crippen molar-refractivity contribution < 1.29 is 18.3 Å². The first-order valence-electron chi connectivity index (χ1n) is 5.06. The largest absolute Gasteiger partial charge is 0.462 e. The molecule has 0 radical (unpaired) electrons. The summed E-state index contributed by atoms with van der Waals surface area (Å²) in [5, 5.41) is 0.372. The maximum absolute atomic E-state index is 13.7. The lowest BCUT2D eigenvalue weighted by Crippen LogP contribution is -2.41. The number of esters is 1. The van der Waals surface area contributed by atoms with Gasteiger partial charge in [0.25, 0.3) is 0 Å². The molecular weight excluding hydrogens is 331 g/mol. The average molecular weight is 343 g/mol. The number of nitrogens with two attached hydrogens (primary N) is 1. The number of benzene rings is 1. The fourth-order valence-electron chi connectivity index (χ4n) is 1.30. The van der Waals surface area contributed by atoms with E-state index in [4.69, 9.17) is 17.3 Å². The second-order valence-corrected chi connectivity index (χ2v) is 4.78. The van der Waals surface area contributed by atoms with Gasteiger partial charge in [-0.25, -0.2) is 4.79 Å². The molecule has 3 nitrogen and oxygen atoms in total. The monoisotopic (exact) mass is 341 g/mol. The first-order valence-corrected chi connectivity index (χ1v) is 6.23. The van der Waals surface area contributed by atoms with E-state index in [1.165, 1.54) is 25.1 Å². The van der Waals surface area contributed by atoms with Crippen LogP contribution >= 0.6 is 27.5 Å². The minimum atomic E-state index is -3.80. The Balaban J connectivity index is 3.05. The van der Waals surface area contributed by atoms with Crippen molar-refractivity contribution in [3.05, 3.63) is 33.3 Å². The van der Waals surface area contributed by atoms with E-state index in [0.717, 1.165) is 0 Å². The molecule has 0 saturated heterocycles. The summed E-state index contributed by atoms with van der Waals surface area (Å²) in [6.07, 6.45) is 0. The molecular formula is C11H11BrClF2NO2. The Kier molecular flexibility index (Phi) is 5.07. The average Bonchev–Trinajstić information content (AvgIpc) is 2.28. The van der Waals surface area contributed by atoms with Gasteiger partial charge in [0, 0.05) is 9.50 Å². The number of alkyl halides is 2. The number of rotatable bonds is 4. The molecule has 100 valence electrons. The highest BCUT2D eigenvalue weighted by Crippen LogP contribution is 2.35. The quantitative estimate of drug-likeness (QED) is 0.854. The summed E-state index contributed by atoms with van der Waals surface area (Å²) in [7, 11) is 0. The molecule has 1 rings (SSSR count). The van der Waals surface area contributed by atoms with Crippen LogP contribution in [0.4, 0.5) is 8.78 Å². The van der Waals surface area contributed by atoms with E-state index in [2.05, 4.69) is 20.7 Å². The van der Waals surface area contributed by atoms with Crippen LogP contribution in [0.25, 0.3) is 0 Å². The molecule has 7 heteroatoms. The highest BCUT2D eigenvalue weighted by Gasteiger charge is 2.48. The zero-order valence-corrected chi connectivity index (χ0v) is 11.8. The molecule has 0 amide bonds. The summed E-state index contributed by atoms with van der Waals surface area (Å²) in [4.78, 5) is 11.2. The molecule has 0 aliphatic heterocycles. The van der Waals surface area contributed by atoms with Gasteiger partial charge in [-0.3, -0.25) is 0 Å². The van der Waals surface area contributed by atoms with Gasteiger partial charge in [0.15, 0.2) is 0 Å². The Morgan fingerprint density at radius 3 is 2.72 bits per heavy atom. The molecule has 0 bridgehead atoms. The standard InChI is InChI=1S/C11H11BrClF2NO2/c1-2-18-10(17)11(14,15)9(16)7-4-3-6(13)5-8(7)12/h3-5,9H,2,16H2,1H3/t9-/m0/s1. The molecule has 1 aromatic rings. The highest BCUT2D eigenvalue weighted by atomic mass is 79.9. The van der Waals surface area contributed by atoms with E-state index in [-0.39, 0.29) is 12.2 Å². The van der Waals surface area contributed by atoms with Crippen molar-refractivity contribution in [1.29, 1.82) is 0 Å². The second-order valence-electron chi connectivity index (χ2n) is 3.49. The van der Waals surface area contributed by atoms with Crippen LogP contribution in [0, 0.1) is 0 Å². The van der Waals surface area contributed by atoms with Crippen LogP contribution in [-0.2, 0) is 9.53 Å². The molecule has 1 aromatic carbocycles. The van der Waals surface area contributed by atoms with Gasteiger partial charge in [0.1, 0.15) is 6.04 Å². The maximum Gasteiger partial charge on any atom is 0.379 e. The van der Waals surface area contributed by atoms with E-state index in [1.807, 2.05) is 0 Å². The molecule has 0 saturated carbocycles. The third-order valence-electron chi connectivity index (χ3n) is 2.24. The van der Waals surface area contributed by atoms with Crippen molar-refractivity contribution in [1.82, 2.24) is 0 Å². The zero-order valence-electron chi connectivity index (χ0n) is 9.42. The van der Waals surface area contributed by atoms with E-state index in [0.29, 0.717) is 9.50 Å². The van der Waals surface area contributed by atoms with Crippen LogP contribution in [0.3, 0.4) is 0 Å². The maximum atomic E-state index is 13.7. The normalized spacial score (nSPS) is 13.2. The number of hydrogen-bond donors (Lipinski definition) is 1. The Bertz CT molecular complexity index is 457. The minimum absolute atomic E-state index is 0.0810. The third kappa shape index (κ3) is 3.18. The highest BCUT2D eigenvalue weighted by molar-refractivity contribution is 9.10. The topological polar surface area (TPSA) is 52.3 Å². The molecule has 0 aliphatic carbocycles. The van der Waals surface area contributed by atoms with Crippen molar-refractivity contribution in [2.75, 3.05) is 6.61 Å². The fraction of sp³-hybridized carbons (Fsp3) is 0.364. The molecule has 0 spiro atoms. The van der Waals surface area contributed by atoms with Crippen molar-refractivity contribution in [2.45, 2.75) is 18.9 Å². The van der Waals surface area contributed by atoms with Gasteiger partial charge in [0.05, 0.1) is 6.61 Å².